The van der Waals surface area contributed by atoms with Crippen molar-refractivity contribution in [3.63, 3.8) is 0 Å². The van der Waals surface area contributed by atoms with E-state index in [0.29, 0.717) is 12.0 Å². The molecule has 4 N–H and O–H groups in total. The predicted octanol–water partition coefficient (Wildman–Crippen LogP) is 3.08. The van der Waals surface area contributed by atoms with E-state index in [0.717, 1.165) is 0 Å². The summed E-state index contributed by atoms with van der Waals surface area (Å²) in [6, 6.07) is 8.60. The van der Waals surface area contributed by atoms with Gasteiger partial charge in [-0.15, -0.1) is 12.4 Å². The van der Waals surface area contributed by atoms with Crippen LogP contribution in [0.5, 0.6) is 0 Å². The van der Waals surface area contributed by atoms with Crippen LogP contribution in [0.15, 0.2) is 30.3 Å². The van der Waals surface area contributed by atoms with Gasteiger partial charge in [0.25, 0.3) is 0 Å². The van der Waals surface area contributed by atoms with Crippen molar-refractivity contribution in [2.24, 2.45) is 17.6 Å². The summed E-state index contributed by atoms with van der Waals surface area (Å²) in [7, 11) is -3.77. The van der Waals surface area contributed by atoms with E-state index in [2.05, 4.69) is 0 Å². The maximum absolute atomic E-state index is 12.4. The quantitative estimate of drug-likeness (QED) is 0.665. The third kappa shape index (κ3) is 6.18. The summed E-state index contributed by atoms with van der Waals surface area (Å²) in [6.07, 6.45) is 0.0674. The van der Waals surface area contributed by atoms with Crippen LogP contribution in [0, 0.1) is 11.8 Å². The zero-order valence-electron chi connectivity index (χ0n) is 12.2. The number of halogens is 1. The molecule has 7 heteroatoms. The highest BCUT2D eigenvalue weighted by Gasteiger charge is 2.35. The Morgan fingerprint density at radius 2 is 1.81 bits per heavy atom. The summed E-state index contributed by atoms with van der Waals surface area (Å²) in [5, 5.41) is 9.16. The van der Waals surface area contributed by atoms with E-state index in [4.69, 9.17) is 10.8 Å². The predicted molar refractivity (Wildman–Crippen MR) is 85.9 cm³/mol. The monoisotopic (exact) mass is 335 g/mol. The molecule has 0 saturated carbocycles. The molecule has 0 fully saturated rings. The summed E-state index contributed by atoms with van der Waals surface area (Å²) < 4.78 is 12.4. The highest BCUT2D eigenvalue weighted by atomic mass is 35.5. The van der Waals surface area contributed by atoms with Crippen molar-refractivity contribution in [2.45, 2.75) is 26.1 Å². The molecule has 0 saturated heterocycles. The lowest BCUT2D eigenvalue weighted by atomic mass is 9.99. The van der Waals surface area contributed by atoms with Gasteiger partial charge in [0.15, 0.2) is 0 Å². The molecule has 0 aliphatic rings. The SMILES string of the molecule is CC(C)CC(CP(=O)(O)C(N)c1ccccc1)C(=O)O.Cl. The summed E-state index contributed by atoms with van der Waals surface area (Å²) in [5.41, 5.74) is 6.39. The van der Waals surface area contributed by atoms with Gasteiger partial charge in [0.2, 0.25) is 7.37 Å². The standard InChI is InChI=1S/C14H22NO4P.ClH/c1-10(2)8-12(14(16)17)9-20(18,19)13(15)11-6-4-3-5-7-11;/h3-7,10,12-13H,8-9,15H2,1-2H3,(H,16,17)(H,18,19);1H. The largest absolute Gasteiger partial charge is 0.481 e. The first-order chi connectivity index (χ1) is 9.24. The molecular formula is C14H23ClNO4P. The second kappa shape index (κ2) is 8.54. The number of nitrogens with two attached hydrogens (primary N) is 1. The van der Waals surface area contributed by atoms with Crippen LogP contribution in [0.1, 0.15) is 31.6 Å². The maximum atomic E-state index is 12.4. The van der Waals surface area contributed by atoms with Gasteiger partial charge in [-0.2, -0.15) is 0 Å². The Labute approximate surface area is 131 Å². The third-order valence-corrected chi connectivity index (χ3v) is 5.29. The fourth-order valence-electron chi connectivity index (χ4n) is 2.13. The summed E-state index contributed by atoms with van der Waals surface area (Å²) in [5.74, 6) is -2.80. The molecule has 120 valence electrons. The highest BCUT2D eigenvalue weighted by molar-refractivity contribution is 7.58. The molecule has 3 atom stereocenters. The second-order valence-electron chi connectivity index (χ2n) is 5.46. The lowest BCUT2D eigenvalue weighted by molar-refractivity contribution is -0.141. The Hall–Kier alpha value is -0.870. The Morgan fingerprint density at radius 1 is 1.29 bits per heavy atom. The van der Waals surface area contributed by atoms with Gasteiger partial charge in [-0.25, -0.2) is 0 Å². The van der Waals surface area contributed by atoms with Crippen LogP contribution in [0.4, 0.5) is 0 Å². The van der Waals surface area contributed by atoms with E-state index in [1.54, 1.807) is 30.3 Å². The molecule has 0 aliphatic carbocycles. The summed E-state index contributed by atoms with van der Waals surface area (Å²) in [6.45, 7) is 3.77. The molecule has 0 bridgehead atoms. The van der Waals surface area contributed by atoms with Gasteiger partial charge in [-0.3, -0.25) is 9.36 Å². The molecule has 0 heterocycles. The lowest BCUT2D eigenvalue weighted by Crippen LogP contribution is -2.23. The Bertz CT molecular complexity index is 495. The molecule has 21 heavy (non-hydrogen) atoms. The molecule has 1 aromatic carbocycles. The molecule has 0 radical (unpaired) electrons. The fraction of sp³-hybridized carbons (Fsp3) is 0.500. The summed E-state index contributed by atoms with van der Waals surface area (Å²) >= 11 is 0. The molecular weight excluding hydrogens is 313 g/mol. The second-order valence-corrected chi connectivity index (χ2v) is 7.89. The molecule has 0 amide bonds. The molecule has 1 rings (SSSR count). The Balaban J connectivity index is 0.00000400. The number of rotatable bonds is 7. The van der Waals surface area contributed by atoms with Crippen molar-refractivity contribution in [3.8, 4) is 0 Å². The zero-order valence-corrected chi connectivity index (χ0v) is 13.9. The lowest BCUT2D eigenvalue weighted by Gasteiger charge is -2.23. The first-order valence-electron chi connectivity index (χ1n) is 6.59. The topological polar surface area (TPSA) is 101 Å². The minimum atomic E-state index is -3.77. The van der Waals surface area contributed by atoms with E-state index in [-0.39, 0.29) is 24.5 Å². The van der Waals surface area contributed by atoms with Crippen LogP contribution in [-0.4, -0.2) is 22.1 Å². The molecule has 5 nitrogen and oxygen atoms in total. The van der Waals surface area contributed by atoms with E-state index in [1.165, 1.54) is 0 Å². The van der Waals surface area contributed by atoms with Gasteiger partial charge in [0, 0.05) is 6.16 Å². The number of carbonyl (C=O) groups is 1. The van der Waals surface area contributed by atoms with Crippen LogP contribution in [0.2, 0.25) is 0 Å². The van der Waals surface area contributed by atoms with Crippen molar-refractivity contribution < 1.29 is 19.4 Å². The van der Waals surface area contributed by atoms with E-state index in [9.17, 15) is 14.3 Å². The Kier molecular flexibility index (Phi) is 8.19. The van der Waals surface area contributed by atoms with Crippen LogP contribution in [0.3, 0.4) is 0 Å². The molecule has 0 spiro atoms. The number of benzene rings is 1. The number of carboxylic acids is 1. The number of aliphatic carboxylic acids is 1. The summed E-state index contributed by atoms with van der Waals surface area (Å²) in [4.78, 5) is 21.3. The van der Waals surface area contributed by atoms with Crippen molar-refractivity contribution in [2.75, 3.05) is 6.16 Å². The first-order valence-corrected chi connectivity index (χ1v) is 8.50. The third-order valence-electron chi connectivity index (χ3n) is 3.16. The van der Waals surface area contributed by atoms with Crippen LogP contribution in [0.25, 0.3) is 0 Å². The van der Waals surface area contributed by atoms with E-state index in [1.807, 2.05) is 13.8 Å². The number of hydrogen-bond donors (Lipinski definition) is 3. The minimum Gasteiger partial charge on any atom is -0.481 e. The van der Waals surface area contributed by atoms with E-state index < -0.39 is 25.0 Å². The van der Waals surface area contributed by atoms with Crippen molar-refractivity contribution >= 4 is 25.7 Å². The first kappa shape index (κ1) is 20.1. The maximum Gasteiger partial charge on any atom is 0.307 e. The van der Waals surface area contributed by atoms with Crippen molar-refractivity contribution in [1.82, 2.24) is 0 Å². The minimum absolute atomic E-state index is 0. The van der Waals surface area contributed by atoms with Gasteiger partial charge in [0.05, 0.1) is 5.92 Å². The van der Waals surface area contributed by atoms with Crippen LogP contribution < -0.4 is 5.73 Å². The number of hydrogen-bond acceptors (Lipinski definition) is 3. The number of carboxylic acid groups (broad SMARTS) is 1. The van der Waals surface area contributed by atoms with Crippen LogP contribution in [-0.2, 0) is 9.36 Å². The van der Waals surface area contributed by atoms with Crippen molar-refractivity contribution in [3.05, 3.63) is 35.9 Å². The molecule has 0 aliphatic heterocycles. The van der Waals surface area contributed by atoms with Crippen LogP contribution >= 0.6 is 19.8 Å². The smallest absolute Gasteiger partial charge is 0.307 e. The van der Waals surface area contributed by atoms with Gasteiger partial charge < -0.3 is 15.7 Å². The van der Waals surface area contributed by atoms with E-state index >= 15 is 0 Å². The molecule has 3 unspecified atom stereocenters. The highest BCUT2D eigenvalue weighted by Crippen LogP contribution is 2.54. The molecule has 0 aromatic heterocycles. The zero-order chi connectivity index (χ0) is 15.3. The Morgan fingerprint density at radius 3 is 2.24 bits per heavy atom. The average molecular weight is 336 g/mol. The van der Waals surface area contributed by atoms with Gasteiger partial charge in [-0.05, 0) is 17.9 Å². The average Bonchev–Trinajstić information content (AvgIpc) is 2.37. The normalized spacial score (nSPS) is 16.6. The van der Waals surface area contributed by atoms with Gasteiger partial charge >= 0.3 is 5.97 Å². The van der Waals surface area contributed by atoms with Crippen molar-refractivity contribution in [1.29, 1.82) is 0 Å². The molecule has 1 aromatic rings. The fourth-order valence-corrected chi connectivity index (χ4v) is 3.94. The van der Waals surface area contributed by atoms with Gasteiger partial charge in [-0.1, -0.05) is 44.2 Å². The van der Waals surface area contributed by atoms with Gasteiger partial charge in [0.1, 0.15) is 5.78 Å².